The van der Waals surface area contributed by atoms with E-state index in [1.807, 2.05) is 10.9 Å². The van der Waals surface area contributed by atoms with Gasteiger partial charge in [-0.15, -0.1) is 0 Å². The van der Waals surface area contributed by atoms with Crippen LogP contribution in [0.15, 0.2) is 6.20 Å². The standard InChI is InChI=1S/C9H14N2O/c1-3-8-6-10-11-5-4-7(2)12-9(8)11/h6-7H,3-5H2,1-2H3. The molecule has 3 nitrogen and oxygen atoms in total. The number of hydrogen-bond donors (Lipinski definition) is 0. The van der Waals surface area contributed by atoms with Crippen LogP contribution >= 0.6 is 0 Å². The van der Waals surface area contributed by atoms with Crippen LogP contribution in [0.4, 0.5) is 0 Å². The van der Waals surface area contributed by atoms with Crippen LogP contribution in [0.25, 0.3) is 0 Å². The van der Waals surface area contributed by atoms with E-state index in [1.54, 1.807) is 0 Å². The van der Waals surface area contributed by atoms with Gasteiger partial charge in [-0.2, -0.15) is 5.10 Å². The third-order valence-electron chi connectivity index (χ3n) is 2.30. The van der Waals surface area contributed by atoms with Gasteiger partial charge < -0.3 is 4.74 Å². The fraction of sp³-hybridized carbons (Fsp3) is 0.667. The molecular formula is C9H14N2O. The molecule has 0 saturated heterocycles. The van der Waals surface area contributed by atoms with Crippen LogP contribution in [0.5, 0.6) is 5.88 Å². The second-order valence-corrected chi connectivity index (χ2v) is 3.27. The Morgan fingerprint density at radius 3 is 3.33 bits per heavy atom. The fourth-order valence-corrected chi connectivity index (χ4v) is 1.50. The van der Waals surface area contributed by atoms with Gasteiger partial charge in [0.25, 0.3) is 0 Å². The van der Waals surface area contributed by atoms with E-state index in [0.29, 0.717) is 6.10 Å². The molecule has 0 saturated carbocycles. The maximum Gasteiger partial charge on any atom is 0.215 e. The predicted octanol–water partition coefficient (Wildman–Crippen LogP) is 1.62. The van der Waals surface area contributed by atoms with Gasteiger partial charge in [0.2, 0.25) is 5.88 Å². The number of ether oxygens (including phenoxy) is 1. The molecule has 0 spiro atoms. The van der Waals surface area contributed by atoms with Gasteiger partial charge in [-0.05, 0) is 13.3 Å². The molecular weight excluding hydrogens is 152 g/mol. The van der Waals surface area contributed by atoms with Crippen molar-refractivity contribution in [3.05, 3.63) is 11.8 Å². The summed E-state index contributed by atoms with van der Waals surface area (Å²) in [6, 6.07) is 0. The first kappa shape index (κ1) is 7.65. The molecule has 0 aliphatic carbocycles. The first-order chi connectivity index (χ1) is 5.81. The summed E-state index contributed by atoms with van der Waals surface area (Å²) in [6.45, 7) is 5.23. The van der Waals surface area contributed by atoms with Crippen LogP contribution in [0.3, 0.4) is 0 Å². The smallest absolute Gasteiger partial charge is 0.215 e. The van der Waals surface area contributed by atoms with Crippen molar-refractivity contribution in [3.63, 3.8) is 0 Å². The number of aromatic nitrogens is 2. The summed E-state index contributed by atoms with van der Waals surface area (Å²) in [5.41, 5.74) is 1.22. The van der Waals surface area contributed by atoms with Crippen molar-refractivity contribution in [3.8, 4) is 5.88 Å². The molecule has 3 heteroatoms. The molecule has 1 aromatic heterocycles. The summed E-state index contributed by atoms with van der Waals surface area (Å²) >= 11 is 0. The Balaban J connectivity index is 2.34. The van der Waals surface area contributed by atoms with Crippen LogP contribution in [0.1, 0.15) is 25.8 Å². The summed E-state index contributed by atoms with van der Waals surface area (Å²) in [6.07, 6.45) is 4.33. The molecule has 2 heterocycles. The highest BCUT2D eigenvalue weighted by Gasteiger charge is 2.19. The predicted molar refractivity (Wildman–Crippen MR) is 46.3 cm³/mol. The molecule has 0 aromatic carbocycles. The lowest BCUT2D eigenvalue weighted by atomic mass is 10.2. The van der Waals surface area contributed by atoms with E-state index >= 15 is 0 Å². The maximum atomic E-state index is 5.69. The van der Waals surface area contributed by atoms with E-state index in [0.717, 1.165) is 25.3 Å². The summed E-state index contributed by atoms with van der Waals surface area (Å²) in [5, 5.41) is 4.25. The van der Waals surface area contributed by atoms with Crippen molar-refractivity contribution in [2.45, 2.75) is 39.3 Å². The van der Waals surface area contributed by atoms with E-state index in [4.69, 9.17) is 4.74 Å². The van der Waals surface area contributed by atoms with Crippen LogP contribution < -0.4 is 4.74 Å². The number of nitrogens with zero attached hydrogens (tertiary/aromatic N) is 2. The largest absolute Gasteiger partial charge is 0.475 e. The van der Waals surface area contributed by atoms with Crippen molar-refractivity contribution in [2.75, 3.05) is 0 Å². The van der Waals surface area contributed by atoms with Gasteiger partial charge >= 0.3 is 0 Å². The zero-order chi connectivity index (χ0) is 8.55. The Kier molecular flexibility index (Phi) is 1.79. The Labute approximate surface area is 72.3 Å². The van der Waals surface area contributed by atoms with Crippen molar-refractivity contribution in [1.82, 2.24) is 9.78 Å². The van der Waals surface area contributed by atoms with Crippen LogP contribution in [-0.2, 0) is 13.0 Å². The zero-order valence-corrected chi connectivity index (χ0v) is 7.58. The van der Waals surface area contributed by atoms with Gasteiger partial charge in [0, 0.05) is 18.5 Å². The number of hydrogen-bond acceptors (Lipinski definition) is 2. The Morgan fingerprint density at radius 1 is 1.75 bits per heavy atom. The Morgan fingerprint density at radius 2 is 2.58 bits per heavy atom. The second kappa shape index (κ2) is 2.81. The average molecular weight is 166 g/mol. The lowest BCUT2D eigenvalue weighted by molar-refractivity contribution is 0.147. The average Bonchev–Trinajstić information content (AvgIpc) is 2.46. The van der Waals surface area contributed by atoms with Gasteiger partial charge in [-0.25, -0.2) is 4.68 Å². The Hall–Kier alpha value is -0.990. The van der Waals surface area contributed by atoms with Gasteiger partial charge in [-0.3, -0.25) is 0 Å². The zero-order valence-electron chi connectivity index (χ0n) is 7.58. The topological polar surface area (TPSA) is 27.1 Å². The molecule has 66 valence electrons. The van der Waals surface area contributed by atoms with E-state index in [-0.39, 0.29) is 0 Å². The normalized spacial score (nSPS) is 21.7. The first-order valence-electron chi connectivity index (χ1n) is 4.52. The van der Waals surface area contributed by atoms with Gasteiger partial charge in [0.05, 0.1) is 12.3 Å². The van der Waals surface area contributed by atoms with E-state index in [2.05, 4.69) is 18.9 Å². The monoisotopic (exact) mass is 166 g/mol. The molecule has 0 radical (unpaired) electrons. The van der Waals surface area contributed by atoms with Crippen molar-refractivity contribution >= 4 is 0 Å². The molecule has 0 bridgehead atoms. The minimum Gasteiger partial charge on any atom is -0.475 e. The van der Waals surface area contributed by atoms with Gasteiger partial charge in [0.15, 0.2) is 0 Å². The highest BCUT2D eigenvalue weighted by Crippen LogP contribution is 2.24. The van der Waals surface area contributed by atoms with E-state index < -0.39 is 0 Å². The van der Waals surface area contributed by atoms with Crippen molar-refractivity contribution in [1.29, 1.82) is 0 Å². The Bertz CT molecular complexity index is 267. The fourth-order valence-electron chi connectivity index (χ4n) is 1.50. The number of aryl methyl sites for hydroxylation is 2. The molecule has 1 aliphatic rings. The quantitative estimate of drug-likeness (QED) is 0.633. The summed E-state index contributed by atoms with van der Waals surface area (Å²) in [5.74, 6) is 0.983. The lowest BCUT2D eigenvalue weighted by Gasteiger charge is -2.22. The van der Waals surface area contributed by atoms with Gasteiger partial charge in [-0.1, -0.05) is 6.92 Å². The summed E-state index contributed by atoms with van der Waals surface area (Å²) in [7, 11) is 0. The summed E-state index contributed by atoms with van der Waals surface area (Å²) in [4.78, 5) is 0. The highest BCUT2D eigenvalue weighted by molar-refractivity contribution is 5.25. The first-order valence-corrected chi connectivity index (χ1v) is 4.52. The molecule has 1 unspecified atom stereocenters. The van der Waals surface area contributed by atoms with Crippen LogP contribution in [0.2, 0.25) is 0 Å². The second-order valence-electron chi connectivity index (χ2n) is 3.27. The van der Waals surface area contributed by atoms with Crippen LogP contribution in [-0.4, -0.2) is 15.9 Å². The minimum atomic E-state index is 0.347. The number of rotatable bonds is 1. The maximum absolute atomic E-state index is 5.69. The highest BCUT2D eigenvalue weighted by atomic mass is 16.5. The molecule has 0 fully saturated rings. The molecule has 0 amide bonds. The molecule has 12 heavy (non-hydrogen) atoms. The molecule has 0 N–H and O–H groups in total. The van der Waals surface area contributed by atoms with Gasteiger partial charge in [0.1, 0.15) is 0 Å². The SMILES string of the molecule is CCc1cnn2c1OC(C)CC2. The third-order valence-corrected chi connectivity index (χ3v) is 2.30. The third kappa shape index (κ3) is 1.09. The number of fused-ring (bicyclic) bond motifs is 1. The van der Waals surface area contributed by atoms with E-state index in [1.165, 1.54) is 5.56 Å². The molecule has 1 aromatic rings. The minimum absolute atomic E-state index is 0.347. The van der Waals surface area contributed by atoms with E-state index in [9.17, 15) is 0 Å². The summed E-state index contributed by atoms with van der Waals surface area (Å²) < 4.78 is 7.65. The molecule has 1 atom stereocenters. The molecule has 2 rings (SSSR count). The van der Waals surface area contributed by atoms with Crippen molar-refractivity contribution < 1.29 is 4.74 Å². The lowest BCUT2D eigenvalue weighted by Crippen LogP contribution is -2.23. The van der Waals surface area contributed by atoms with Crippen molar-refractivity contribution in [2.24, 2.45) is 0 Å². The molecule has 1 aliphatic heterocycles. The van der Waals surface area contributed by atoms with Crippen LogP contribution in [0, 0.1) is 0 Å².